The lowest BCUT2D eigenvalue weighted by Crippen LogP contribution is -2.28. The Labute approximate surface area is 156 Å². The number of fused-ring (bicyclic) bond motifs is 1. The third-order valence-electron chi connectivity index (χ3n) is 4.54. The van der Waals surface area contributed by atoms with Gasteiger partial charge >= 0.3 is 5.97 Å². The van der Waals surface area contributed by atoms with Crippen LogP contribution in [0.1, 0.15) is 30.1 Å². The van der Waals surface area contributed by atoms with E-state index < -0.39 is 0 Å². The SMILES string of the molecule is CCOC(=O)c1cnc(-c2cnn3cccnc23)cc1NC1CCOCC1. The van der Waals surface area contributed by atoms with Crippen LogP contribution in [0.5, 0.6) is 0 Å². The predicted molar refractivity (Wildman–Crippen MR) is 99.6 cm³/mol. The van der Waals surface area contributed by atoms with Crippen molar-refractivity contribution in [1.29, 1.82) is 0 Å². The van der Waals surface area contributed by atoms with Crippen LogP contribution < -0.4 is 5.32 Å². The van der Waals surface area contributed by atoms with Crippen LogP contribution in [-0.4, -0.2) is 51.4 Å². The predicted octanol–water partition coefficient (Wildman–Crippen LogP) is 2.56. The summed E-state index contributed by atoms with van der Waals surface area (Å²) in [5.74, 6) is -0.385. The minimum atomic E-state index is -0.385. The molecular formula is C19H21N5O3. The van der Waals surface area contributed by atoms with Crippen molar-refractivity contribution in [1.82, 2.24) is 19.6 Å². The molecule has 4 rings (SSSR count). The highest BCUT2D eigenvalue weighted by atomic mass is 16.5. The summed E-state index contributed by atoms with van der Waals surface area (Å²) in [6.07, 6.45) is 8.61. The molecule has 0 spiro atoms. The molecule has 4 heterocycles. The minimum Gasteiger partial charge on any atom is -0.462 e. The lowest BCUT2D eigenvalue weighted by atomic mass is 10.1. The molecule has 1 aliphatic heterocycles. The van der Waals surface area contributed by atoms with Gasteiger partial charge in [0, 0.05) is 37.8 Å². The molecule has 1 saturated heterocycles. The molecule has 3 aromatic heterocycles. The first kappa shape index (κ1) is 17.4. The summed E-state index contributed by atoms with van der Waals surface area (Å²) in [4.78, 5) is 21.2. The third kappa shape index (κ3) is 3.61. The molecule has 0 atom stereocenters. The molecule has 1 N–H and O–H groups in total. The highest BCUT2D eigenvalue weighted by molar-refractivity contribution is 5.96. The van der Waals surface area contributed by atoms with Gasteiger partial charge in [-0.15, -0.1) is 0 Å². The summed E-state index contributed by atoms with van der Waals surface area (Å²) in [5.41, 5.74) is 3.36. The Morgan fingerprint density at radius 2 is 2.19 bits per heavy atom. The molecule has 8 nitrogen and oxygen atoms in total. The van der Waals surface area contributed by atoms with Crippen LogP contribution in [0, 0.1) is 0 Å². The van der Waals surface area contributed by atoms with E-state index in [-0.39, 0.29) is 12.0 Å². The molecule has 140 valence electrons. The first-order valence-electron chi connectivity index (χ1n) is 9.06. The van der Waals surface area contributed by atoms with Crippen molar-refractivity contribution in [2.75, 3.05) is 25.1 Å². The van der Waals surface area contributed by atoms with Crippen LogP contribution in [0.15, 0.2) is 36.9 Å². The molecule has 1 fully saturated rings. The number of anilines is 1. The summed E-state index contributed by atoms with van der Waals surface area (Å²) in [5, 5.41) is 7.78. The molecule has 0 amide bonds. The van der Waals surface area contributed by atoms with Gasteiger partial charge in [0.05, 0.1) is 29.7 Å². The van der Waals surface area contributed by atoms with Gasteiger partial charge < -0.3 is 14.8 Å². The van der Waals surface area contributed by atoms with Gasteiger partial charge in [-0.3, -0.25) is 4.98 Å². The Balaban J connectivity index is 1.73. The maximum Gasteiger partial charge on any atom is 0.341 e. The van der Waals surface area contributed by atoms with E-state index in [1.54, 1.807) is 30.0 Å². The summed E-state index contributed by atoms with van der Waals surface area (Å²) in [7, 11) is 0. The lowest BCUT2D eigenvalue weighted by molar-refractivity contribution is 0.0527. The van der Waals surface area contributed by atoms with E-state index in [0.717, 1.165) is 18.4 Å². The largest absolute Gasteiger partial charge is 0.462 e. The number of nitrogens with zero attached hydrogens (tertiary/aromatic N) is 4. The topological polar surface area (TPSA) is 90.6 Å². The molecule has 1 aliphatic rings. The smallest absolute Gasteiger partial charge is 0.341 e. The fraction of sp³-hybridized carbons (Fsp3) is 0.368. The van der Waals surface area contributed by atoms with E-state index >= 15 is 0 Å². The number of esters is 1. The lowest BCUT2D eigenvalue weighted by Gasteiger charge is -2.25. The minimum absolute atomic E-state index is 0.240. The maximum atomic E-state index is 12.4. The second-order valence-electron chi connectivity index (χ2n) is 6.31. The summed E-state index contributed by atoms with van der Waals surface area (Å²) in [6, 6.07) is 3.93. The van der Waals surface area contributed by atoms with Crippen molar-refractivity contribution in [3.63, 3.8) is 0 Å². The highest BCUT2D eigenvalue weighted by Crippen LogP contribution is 2.27. The fourth-order valence-corrected chi connectivity index (χ4v) is 3.16. The standard InChI is InChI=1S/C19H21N5O3/c1-2-27-19(25)15-11-21-16(10-17(15)23-13-4-8-26-9-5-13)14-12-22-24-7-3-6-20-18(14)24/h3,6-7,10-13H,2,4-5,8-9H2,1H3,(H,21,23). The maximum absolute atomic E-state index is 12.4. The van der Waals surface area contributed by atoms with E-state index in [2.05, 4.69) is 20.4 Å². The summed E-state index contributed by atoms with van der Waals surface area (Å²) in [6.45, 7) is 3.52. The molecule has 3 aromatic rings. The Morgan fingerprint density at radius 3 is 3.00 bits per heavy atom. The molecular weight excluding hydrogens is 346 g/mol. The van der Waals surface area contributed by atoms with Crippen LogP contribution in [-0.2, 0) is 9.47 Å². The zero-order valence-corrected chi connectivity index (χ0v) is 15.1. The van der Waals surface area contributed by atoms with E-state index in [9.17, 15) is 4.79 Å². The van der Waals surface area contributed by atoms with Crippen LogP contribution in [0.3, 0.4) is 0 Å². The number of rotatable bonds is 5. The van der Waals surface area contributed by atoms with E-state index in [0.29, 0.717) is 42.4 Å². The Morgan fingerprint density at radius 1 is 1.33 bits per heavy atom. The van der Waals surface area contributed by atoms with Gasteiger partial charge in [-0.1, -0.05) is 0 Å². The first-order valence-corrected chi connectivity index (χ1v) is 9.06. The zero-order chi connectivity index (χ0) is 18.6. The van der Waals surface area contributed by atoms with Crippen LogP contribution in [0.25, 0.3) is 16.9 Å². The Bertz CT molecular complexity index is 949. The molecule has 0 aromatic carbocycles. The van der Waals surface area contributed by atoms with E-state index in [4.69, 9.17) is 9.47 Å². The van der Waals surface area contributed by atoms with Crippen LogP contribution in [0.2, 0.25) is 0 Å². The number of hydrogen-bond donors (Lipinski definition) is 1. The quantitative estimate of drug-likeness (QED) is 0.693. The van der Waals surface area contributed by atoms with Crippen LogP contribution in [0.4, 0.5) is 5.69 Å². The average molecular weight is 367 g/mol. The van der Waals surface area contributed by atoms with Crippen LogP contribution >= 0.6 is 0 Å². The number of pyridine rings is 1. The summed E-state index contributed by atoms with van der Waals surface area (Å²) < 4.78 is 12.3. The molecule has 0 saturated carbocycles. The Hall–Kier alpha value is -3.00. The number of ether oxygens (including phenoxy) is 2. The van der Waals surface area contributed by atoms with Gasteiger partial charge in [0.1, 0.15) is 5.56 Å². The number of nitrogens with one attached hydrogen (secondary N) is 1. The fourth-order valence-electron chi connectivity index (χ4n) is 3.16. The summed E-state index contributed by atoms with van der Waals surface area (Å²) >= 11 is 0. The Kier molecular flexibility index (Phi) is 4.97. The zero-order valence-electron chi connectivity index (χ0n) is 15.1. The van der Waals surface area contributed by atoms with Gasteiger partial charge in [0.25, 0.3) is 0 Å². The molecule has 0 unspecified atom stereocenters. The van der Waals surface area contributed by atoms with Gasteiger partial charge in [0.15, 0.2) is 5.65 Å². The van der Waals surface area contributed by atoms with Crippen molar-refractivity contribution in [3.8, 4) is 11.3 Å². The molecule has 27 heavy (non-hydrogen) atoms. The second-order valence-corrected chi connectivity index (χ2v) is 6.31. The van der Waals surface area contributed by atoms with Crippen molar-refractivity contribution >= 4 is 17.3 Å². The van der Waals surface area contributed by atoms with Crippen molar-refractivity contribution < 1.29 is 14.3 Å². The average Bonchev–Trinajstić information content (AvgIpc) is 3.13. The molecule has 0 bridgehead atoms. The number of aromatic nitrogens is 4. The first-order chi connectivity index (χ1) is 13.3. The van der Waals surface area contributed by atoms with Gasteiger partial charge in [-0.2, -0.15) is 5.10 Å². The number of carbonyl (C=O) groups is 1. The number of carbonyl (C=O) groups excluding carboxylic acids is 1. The molecule has 0 radical (unpaired) electrons. The monoisotopic (exact) mass is 367 g/mol. The van der Waals surface area contributed by atoms with E-state index in [1.807, 2.05) is 18.3 Å². The molecule has 8 heteroatoms. The van der Waals surface area contributed by atoms with E-state index in [1.165, 1.54) is 0 Å². The normalized spacial score (nSPS) is 15.0. The van der Waals surface area contributed by atoms with Gasteiger partial charge in [0.2, 0.25) is 0 Å². The van der Waals surface area contributed by atoms with Crippen molar-refractivity contribution in [3.05, 3.63) is 42.5 Å². The third-order valence-corrected chi connectivity index (χ3v) is 4.54. The second kappa shape index (κ2) is 7.71. The number of hydrogen-bond acceptors (Lipinski definition) is 7. The highest BCUT2D eigenvalue weighted by Gasteiger charge is 2.20. The van der Waals surface area contributed by atoms with Gasteiger partial charge in [-0.25, -0.2) is 14.3 Å². The van der Waals surface area contributed by atoms with Gasteiger partial charge in [-0.05, 0) is 31.9 Å². The van der Waals surface area contributed by atoms with Crippen molar-refractivity contribution in [2.24, 2.45) is 0 Å². The van der Waals surface area contributed by atoms with Crippen molar-refractivity contribution in [2.45, 2.75) is 25.8 Å². The molecule has 0 aliphatic carbocycles.